The Balaban J connectivity index is 2.02. The number of ether oxygens (including phenoxy) is 1. The molecule has 0 unspecified atom stereocenters. The molecule has 3 heteroatoms. The van der Waals surface area contributed by atoms with Gasteiger partial charge in [0.15, 0.2) is 0 Å². The van der Waals surface area contributed by atoms with Crippen molar-refractivity contribution in [1.29, 1.82) is 5.26 Å². The maximum absolute atomic E-state index is 8.94. The van der Waals surface area contributed by atoms with Gasteiger partial charge in [-0.15, -0.1) is 0 Å². The highest BCUT2D eigenvalue weighted by Gasteiger charge is 2.19. The van der Waals surface area contributed by atoms with E-state index in [0.717, 1.165) is 30.8 Å². The molecule has 0 aliphatic carbocycles. The van der Waals surface area contributed by atoms with E-state index in [2.05, 4.69) is 23.1 Å². The van der Waals surface area contributed by atoms with Gasteiger partial charge in [0.05, 0.1) is 11.6 Å². The molecule has 0 N–H and O–H groups in total. The molecule has 1 heterocycles. The lowest BCUT2D eigenvalue weighted by Crippen LogP contribution is -2.35. The van der Waals surface area contributed by atoms with Crippen LogP contribution in [0.4, 0.5) is 5.69 Å². The predicted molar refractivity (Wildman–Crippen MR) is 72.7 cm³/mol. The number of anilines is 1. The number of nitriles is 1. The molecule has 0 amide bonds. The number of benzene rings is 1. The van der Waals surface area contributed by atoms with Crippen molar-refractivity contribution >= 4 is 5.69 Å². The maximum atomic E-state index is 8.94. The molecule has 1 aromatic carbocycles. The zero-order valence-electron chi connectivity index (χ0n) is 11.1. The van der Waals surface area contributed by atoms with E-state index >= 15 is 0 Å². The third kappa shape index (κ3) is 2.83. The number of hydrogen-bond donors (Lipinski definition) is 0. The van der Waals surface area contributed by atoms with Gasteiger partial charge in [-0.1, -0.05) is 0 Å². The second-order valence-corrected chi connectivity index (χ2v) is 5.00. The predicted octanol–water partition coefficient (Wildman–Crippen LogP) is 2.73. The summed E-state index contributed by atoms with van der Waals surface area (Å²) < 4.78 is 5.22. The first-order valence-corrected chi connectivity index (χ1v) is 6.49. The lowest BCUT2D eigenvalue weighted by molar-refractivity contribution is 0.139. The van der Waals surface area contributed by atoms with Crippen LogP contribution in [-0.4, -0.2) is 26.8 Å². The van der Waals surface area contributed by atoms with E-state index in [4.69, 9.17) is 10.00 Å². The van der Waals surface area contributed by atoms with Crippen molar-refractivity contribution in [2.45, 2.75) is 19.8 Å². The normalized spacial score (nSPS) is 16.6. The minimum absolute atomic E-state index is 0.700. The molecule has 0 aromatic heterocycles. The first kappa shape index (κ1) is 12.9. The summed E-state index contributed by atoms with van der Waals surface area (Å²) in [5, 5.41) is 8.94. The number of methoxy groups -OCH3 is 1. The Kier molecular flexibility index (Phi) is 4.22. The van der Waals surface area contributed by atoms with E-state index in [1.807, 2.05) is 13.0 Å². The number of piperidine rings is 1. The van der Waals surface area contributed by atoms with Crippen molar-refractivity contribution in [2.24, 2.45) is 5.92 Å². The summed E-state index contributed by atoms with van der Waals surface area (Å²) in [4.78, 5) is 2.40. The highest BCUT2D eigenvalue weighted by Crippen LogP contribution is 2.25. The molecular formula is C15H20N2O. The number of aryl methyl sites for hydroxylation is 1. The molecule has 1 aliphatic heterocycles. The lowest BCUT2D eigenvalue weighted by Gasteiger charge is -2.33. The van der Waals surface area contributed by atoms with Crippen molar-refractivity contribution in [3.8, 4) is 6.07 Å². The molecule has 96 valence electrons. The van der Waals surface area contributed by atoms with Crippen molar-refractivity contribution in [2.75, 3.05) is 31.7 Å². The fourth-order valence-electron chi connectivity index (χ4n) is 2.56. The Bertz CT molecular complexity index is 442. The van der Waals surface area contributed by atoms with Gasteiger partial charge in [-0.3, -0.25) is 0 Å². The van der Waals surface area contributed by atoms with E-state index in [-0.39, 0.29) is 0 Å². The van der Waals surface area contributed by atoms with Gasteiger partial charge < -0.3 is 9.64 Å². The van der Waals surface area contributed by atoms with Crippen molar-refractivity contribution < 1.29 is 4.74 Å². The second-order valence-electron chi connectivity index (χ2n) is 5.00. The van der Waals surface area contributed by atoms with Crippen molar-refractivity contribution in [1.82, 2.24) is 0 Å². The van der Waals surface area contributed by atoms with Gasteiger partial charge in [-0.2, -0.15) is 5.26 Å². The van der Waals surface area contributed by atoms with E-state index in [1.165, 1.54) is 18.5 Å². The quantitative estimate of drug-likeness (QED) is 0.820. The van der Waals surface area contributed by atoms with Crippen molar-refractivity contribution in [3.63, 3.8) is 0 Å². The summed E-state index contributed by atoms with van der Waals surface area (Å²) in [5.74, 6) is 0.700. The van der Waals surface area contributed by atoms with Gasteiger partial charge in [0.25, 0.3) is 0 Å². The van der Waals surface area contributed by atoms with Gasteiger partial charge in [-0.05, 0) is 49.4 Å². The average Bonchev–Trinajstić information content (AvgIpc) is 2.40. The van der Waals surface area contributed by atoms with Gasteiger partial charge in [0, 0.05) is 32.5 Å². The van der Waals surface area contributed by atoms with Crippen molar-refractivity contribution in [3.05, 3.63) is 29.3 Å². The van der Waals surface area contributed by atoms with Crippen LogP contribution >= 0.6 is 0 Å². The minimum atomic E-state index is 0.700. The lowest BCUT2D eigenvalue weighted by atomic mass is 9.97. The highest BCUT2D eigenvalue weighted by atomic mass is 16.5. The fourth-order valence-corrected chi connectivity index (χ4v) is 2.56. The number of hydrogen-bond acceptors (Lipinski definition) is 3. The molecule has 0 spiro atoms. The topological polar surface area (TPSA) is 36.3 Å². The molecule has 0 bridgehead atoms. The van der Waals surface area contributed by atoms with E-state index in [0.29, 0.717) is 5.92 Å². The maximum Gasteiger partial charge on any atom is 0.0994 e. The standard InChI is InChI=1S/C15H20N2O/c1-12-9-15(4-3-14(12)10-16)17-7-5-13(6-8-17)11-18-2/h3-4,9,13H,5-8,11H2,1-2H3. The second kappa shape index (κ2) is 5.88. The van der Waals surface area contributed by atoms with Crippen LogP contribution in [0.5, 0.6) is 0 Å². The van der Waals surface area contributed by atoms with Crippen LogP contribution in [0.2, 0.25) is 0 Å². The van der Waals surface area contributed by atoms with Gasteiger partial charge in [-0.25, -0.2) is 0 Å². The largest absolute Gasteiger partial charge is 0.384 e. The molecule has 0 saturated carbocycles. The number of rotatable bonds is 3. The monoisotopic (exact) mass is 244 g/mol. The Morgan fingerprint density at radius 2 is 2.11 bits per heavy atom. The van der Waals surface area contributed by atoms with Gasteiger partial charge >= 0.3 is 0 Å². The zero-order chi connectivity index (χ0) is 13.0. The highest BCUT2D eigenvalue weighted by molar-refractivity contribution is 5.53. The molecule has 1 aliphatic rings. The summed E-state index contributed by atoms with van der Waals surface area (Å²) in [6.07, 6.45) is 2.37. The van der Waals surface area contributed by atoms with E-state index in [9.17, 15) is 0 Å². The molecule has 0 atom stereocenters. The van der Waals surface area contributed by atoms with Crippen LogP contribution in [0, 0.1) is 24.2 Å². The summed E-state index contributed by atoms with van der Waals surface area (Å²) >= 11 is 0. The third-order valence-electron chi connectivity index (χ3n) is 3.71. The van der Waals surface area contributed by atoms with Gasteiger partial charge in [0.2, 0.25) is 0 Å². The number of nitrogens with zero attached hydrogens (tertiary/aromatic N) is 2. The summed E-state index contributed by atoms with van der Waals surface area (Å²) in [6.45, 7) is 5.04. The first-order chi connectivity index (χ1) is 8.74. The molecule has 1 saturated heterocycles. The molecule has 3 nitrogen and oxygen atoms in total. The van der Waals surface area contributed by atoms with Crippen LogP contribution in [0.25, 0.3) is 0 Å². The first-order valence-electron chi connectivity index (χ1n) is 6.49. The summed E-state index contributed by atoms with van der Waals surface area (Å²) in [7, 11) is 1.77. The Morgan fingerprint density at radius 3 is 2.67 bits per heavy atom. The van der Waals surface area contributed by atoms with Crippen LogP contribution in [-0.2, 0) is 4.74 Å². The van der Waals surface area contributed by atoms with Crippen LogP contribution in [0.15, 0.2) is 18.2 Å². The minimum Gasteiger partial charge on any atom is -0.384 e. The third-order valence-corrected chi connectivity index (χ3v) is 3.71. The molecule has 0 radical (unpaired) electrons. The molecule has 18 heavy (non-hydrogen) atoms. The molecule has 2 rings (SSSR count). The smallest absolute Gasteiger partial charge is 0.0994 e. The van der Waals surface area contributed by atoms with E-state index in [1.54, 1.807) is 7.11 Å². The Labute approximate surface area is 109 Å². The Morgan fingerprint density at radius 1 is 1.39 bits per heavy atom. The molecular weight excluding hydrogens is 224 g/mol. The van der Waals surface area contributed by atoms with Crippen LogP contribution in [0.3, 0.4) is 0 Å². The summed E-state index contributed by atoms with van der Waals surface area (Å²) in [6, 6.07) is 8.31. The van der Waals surface area contributed by atoms with Crippen LogP contribution in [0.1, 0.15) is 24.0 Å². The van der Waals surface area contributed by atoms with Gasteiger partial charge in [0.1, 0.15) is 0 Å². The average molecular weight is 244 g/mol. The SMILES string of the molecule is COCC1CCN(c2ccc(C#N)c(C)c2)CC1. The van der Waals surface area contributed by atoms with Crippen LogP contribution < -0.4 is 4.90 Å². The zero-order valence-corrected chi connectivity index (χ0v) is 11.1. The molecule has 1 fully saturated rings. The molecule has 1 aromatic rings. The Hall–Kier alpha value is -1.53. The summed E-state index contributed by atoms with van der Waals surface area (Å²) in [5.41, 5.74) is 3.07. The van der Waals surface area contributed by atoms with E-state index < -0.39 is 0 Å². The fraction of sp³-hybridized carbons (Fsp3) is 0.533.